The zero-order valence-electron chi connectivity index (χ0n) is 12.0. The number of carbonyl (C=O) groups excluding carboxylic acids is 1. The number of aromatic hydroxyl groups is 2. The second kappa shape index (κ2) is 5.77. The van der Waals surface area contributed by atoms with Crippen LogP contribution in [0.25, 0.3) is 11.1 Å². The lowest BCUT2D eigenvalue weighted by molar-refractivity contribution is -0.120. The van der Waals surface area contributed by atoms with Crippen LogP contribution in [-0.2, 0) is 4.79 Å². The number of carbonyl (C=O) groups is 2. The molecule has 2 rings (SSSR count). The van der Waals surface area contributed by atoms with Crippen LogP contribution in [0.15, 0.2) is 24.3 Å². The molecule has 0 aliphatic carbocycles. The Morgan fingerprint density at radius 3 is 2.09 bits per heavy atom. The van der Waals surface area contributed by atoms with Crippen LogP contribution in [0.2, 0.25) is 0 Å². The minimum Gasteiger partial charge on any atom is -0.507 e. The van der Waals surface area contributed by atoms with Crippen LogP contribution in [0, 0.1) is 13.8 Å². The number of aryl methyl sites for hydroxylation is 2. The van der Waals surface area contributed by atoms with Crippen LogP contribution in [0.1, 0.15) is 21.5 Å². The predicted octanol–water partition coefficient (Wildman–Crippen LogP) is 2.62. The highest BCUT2D eigenvalue weighted by Gasteiger charge is 2.16. The molecule has 114 valence electrons. The van der Waals surface area contributed by atoms with Crippen molar-refractivity contribution in [2.45, 2.75) is 13.8 Å². The van der Waals surface area contributed by atoms with Gasteiger partial charge >= 0.3 is 5.97 Å². The van der Waals surface area contributed by atoms with E-state index in [0.717, 1.165) is 0 Å². The lowest BCUT2D eigenvalue weighted by atomic mass is 9.94. The Bertz CT molecular complexity index is 764. The van der Waals surface area contributed by atoms with Crippen LogP contribution >= 0.6 is 0 Å². The SMILES string of the molecule is Cc1cc(OC=O)c(O)cc1-c1cc(O)c(C(=O)O)cc1C. The van der Waals surface area contributed by atoms with Crippen molar-refractivity contribution in [2.24, 2.45) is 0 Å². The lowest BCUT2D eigenvalue weighted by Crippen LogP contribution is -1.99. The van der Waals surface area contributed by atoms with Crippen molar-refractivity contribution in [3.05, 3.63) is 41.0 Å². The van der Waals surface area contributed by atoms with Gasteiger partial charge in [0, 0.05) is 0 Å². The fourth-order valence-electron chi connectivity index (χ4n) is 2.26. The summed E-state index contributed by atoms with van der Waals surface area (Å²) in [4.78, 5) is 21.4. The van der Waals surface area contributed by atoms with Gasteiger partial charge in [-0.15, -0.1) is 0 Å². The summed E-state index contributed by atoms with van der Waals surface area (Å²) in [5, 5.41) is 28.7. The molecule has 0 unspecified atom stereocenters. The van der Waals surface area contributed by atoms with Crippen molar-refractivity contribution in [3.8, 4) is 28.4 Å². The molecule has 0 aliphatic heterocycles. The van der Waals surface area contributed by atoms with Gasteiger partial charge in [0.2, 0.25) is 0 Å². The molecule has 0 aliphatic rings. The first-order valence-corrected chi connectivity index (χ1v) is 6.36. The maximum atomic E-state index is 11.0. The number of carboxylic acids is 1. The van der Waals surface area contributed by atoms with E-state index in [-0.39, 0.29) is 29.3 Å². The van der Waals surface area contributed by atoms with Gasteiger partial charge in [-0.3, -0.25) is 4.79 Å². The van der Waals surface area contributed by atoms with Crippen LogP contribution in [-0.4, -0.2) is 27.8 Å². The molecular weight excluding hydrogens is 288 g/mol. The summed E-state index contributed by atoms with van der Waals surface area (Å²) < 4.78 is 4.66. The molecule has 0 saturated heterocycles. The molecular formula is C16H14O6. The lowest BCUT2D eigenvalue weighted by Gasteiger charge is -2.13. The maximum Gasteiger partial charge on any atom is 0.339 e. The number of benzene rings is 2. The Labute approximate surface area is 126 Å². The van der Waals surface area contributed by atoms with E-state index in [2.05, 4.69) is 4.74 Å². The minimum absolute atomic E-state index is 0.0280. The summed E-state index contributed by atoms with van der Waals surface area (Å²) in [7, 11) is 0. The predicted molar refractivity (Wildman–Crippen MR) is 78.3 cm³/mol. The number of phenolic OH excluding ortho intramolecular Hbond substituents is 1. The molecule has 0 fully saturated rings. The van der Waals surface area contributed by atoms with Crippen molar-refractivity contribution < 1.29 is 29.6 Å². The minimum atomic E-state index is -1.22. The average molecular weight is 302 g/mol. The fraction of sp³-hybridized carbons (Fsp3) is 0.125. The molecule has 0 atom stereocenters. The first-order chi connectivity index (χ1) is 10.3. The van der Waals surface area contributed by atoms with Crippen LogP contribution in [0.5, 0.6) is 17.2 Å². The van der Waals surface area contributed by atoms with Gasteiger partial charge < -0.3 is 20.1 Å². The van der Waals surface area contributed by atoms with Crippen molar-refractivity contribution in [2.75, 3.05) is 0 Å². The summed E-state index contributed by atoms with van der Waals surface area (Å²) in [5.41, 5.74) is 2.31. The van der Waals surface area contributed by atoms with Gasteiger partial charge in [-0.25, -0.2) is 4.79 Å². The Hall–Kier alpha value is -3.02. The zero-order chi connectivity index (χ0) is 16.4. The second-order valence-corrected chi connectivity index (χ2v) is 4.84. The van der Waals surface area contributed by atoms with Gasteiger partial charge in [-0.2, -0.15) is 0 Å². The third kappa shape index (κ3) is 2.71. The summed E-state index contributed by atoms with van der Waals surface area (Å²) in [6.07, 6.45) is 0. The van der Waals surface area contributed by atoms with Crippen LogP contribution < -0.4 is 4.74 Å². The summed E-state index contributed by atoms with van der Waals surface area (Å²) in [6.45, 7) is 3.66. The van der Waals surface area contributed by atoms with Gasteiger partial charge in [0.15, 0.2) is 11.5 Å². The zero-order valence-corrected chi connectivity index (χ0v) is 12.0. The van der Waals surface area contributed by atoms with Crippen molar-refractivity contribution in [1.82, 2.24) is 0 Å². The highest BCUT2D eigenvalue weighted by atomic mass is 16.5. The molecule has 0 heterocycles. The van der Waals surface area contributed by atoms with E-state index < -0.39 is 5.97 Å². The van der Waals surface area contributed by atoms with Crippen molar-refractivity contribution in [1.29, 1.82) is 0 Å². The molecule has 0 bridgehead atoms. The molecule has 0 radical (unpaired) electrons. The molecule has 0 saturated carbocycles. The summed E-state index contributed by atoms with van der Waals surface area (Å²) in [6, 6.07) is 5.58. The van der Waals surface area contributed by atoms with Gasteiger partial charge in [-0.05, 0) is 60.4 Å². The molecule has 0 aromatic heterocycles. The number of carboxylic acid groups (broad SMARTS) is 1. The Balaban J connectivity index is 2.62. The molecule has 0 spiro atoms. The van der Waals surface area contributed by atoms with Gasteiger partial charge in [0.1, 0.15) is 11.3 Å². The molecule has 0 amide bonds. The molecule has 2 aromatic rings. The fourth-order valence-corrected chi connectivity index (χ4v) is 2.26. The number of hydrogen-bond donors (Lipinski definition) is 3. The monoisotopic (exact) mass is 302 g/mol. The maximum absolute atomic E-state index is 11.0. The Morgan fingerprint density at radius 1 is 1.00 bits per heavy atom. The Kier molecular flexibility index (Phi) is 4.03. The first kappa shape index (κ1) is 15.4. The van der Waals surface area contributed by atoms with Gasteiger partial charge in [0.25, 0.3) is 6.47 Å². The highest BCUT2D eigenvalue weighted by molar-refractivity contribution is 5.92. The normalized spacial score (nSPS) is 10.3. The van der Waals surface area contributed by atoms with Crippen LogP contribution in [0.4, 0.5) is 0 Å². The topological polar surface area (TPSA) is 104 Å². The molecule has 6 heteroatoms. The smallest absolute Gasteiger partial charge is 0.339 e. The number of ether oxygens (including phenoxy) is 1. The van der Waals surface area contributed by atoms with E-state index in [1.54, 1.807) is 13.8 Å². The first-order valence-electron chi connectivity index (χ1n) is 6.36. The summed E-state index contributed by atoms with van der Waals surface area (Å²) in [5.74, 6) is -1.78. The quantitative estimate of drug-likeness (QED) is 0.750. The molecule has 3 N–H and O–H groups in total. The average Bonchev–Trinajstić information content (AvgIpc) is 2.44. The standard InChI is InChI=1S/C16H14O6/c1-8-3-12(16(20)21)13(18)5-10(8)11-6-14(19)15(22-7-17)4-9(11)2/h3-7,18-19H,1-2H3,(H,20,21). The second-order valence-electron chi connectivity index (χ2n) is 4.84. The van der Waals surface area contributed by atoms with Gasteiger partial charge in [-0.1, -0.05) is 0 Å². The number of aromatic carboxylic acids is 1. The molecule has 6 nitrogen and oxygen atoms in total. The molecule has 2 aromatic carbocycles. The van der Waals surface area contributed by atoms with Gasteiger partial charge in [0.05, 0.1) is 0 Å². The summed E-state index contributed by atoms with van der Waals surface area (Å²) >= 11 is 0. The van der Waals surface area contributed by atoms with E-state index in [1.807, 2.05) is 0 Å². The van der Waals surface area contributed by atoms with E-state index in [9.17, 15) is 19.8 Å². The van der Waals surface area contributed by atoms with Crippen LogP contribution in [0.3, 0.4) is 0 Å². The van der Waals surface area contributed by atoms with E-state index in [1.165, 1.54) is 24.3 Å². The third-order valence-corrected chi connectivity index (χ3v) is 3.34. The number of rotatable bonds is 4. The number of hydrogen-bond acceptors (Lipinski definition) is 5. The van der Waals surface area contributed by atoms with Crippen molar-refractivity contribution >= 4 is 12.4 Å². The van der Waals surface area contributed by atoms with E-state index >= 15 is 0 Å². The largest absolute Gasteiger partial charge is 0.507 e. The molecule has 22 heavy (non-hydrogen) atoms. The third-order valence-electron chi connectivity index (χ3n) is 3.34. The van der Waals surface area contributed by atoms with E-state index in [0.29, 0.717) is 22.3 Å². The Morgan fingerprint density at radius 2 is 1.55 bits per heavy atom. The number of phenols is 2. The van der Waals surface area contributed by atoms with E-state index in [4.69, 9.17) is 5.11 Å². The van der Waals surface area contributed by atoms with Crippen molar-refractivity contribution in [3.63, 3.8) is 0 Å². The highest BCUT2D eigenvalue weighted by Crippen LogP contribution is 2.38.